The molecule has 3 heterocycles. The second kappa shape index (κ2) is 10.8. The summed E-state index contributed by atoms with van der Waals surface area (Å²) in [5.41, 5.74) is 0.955. The van der Waals surface area contributed by atoms with Crippen molar-refractivity contribution in [3.63, 3.8) is 0 Å². The van der Waals surface area contributed by atoms with Gasteiger partial charge in [0.05, 0.1) is 12.2 Å². The molecule has 2 aliphatic heterocycles. The maximum atomic E-state index is 13.8. The number of Topliss-reactive ketones (excluding diaryl/α,β-unsaturated/α-hetero) is 1. The van der Waals surface area contributed by atoms with Gasteiger partial charge in [0.1, 0.15) is 5.69 Å². The number of ketones is 1. The number of nitrogens with zero attached hydrogens (tertiary/aromatic N) is 2. The molecule has 1 amide bonds. The minimum atomic E-state index is -2.60. The summed E-state index contributed by atoms with van der Waals surface area (Å²) in [6, 6.07) is 8.45. The van der Waals surface area contributed by atoms with E-state index in [-0.39, 0.29) is 30.2 Å². The second-order valence-corrected chi connectivity index (χ2v) is 10.1. The molecule has 0 bridgehead atoms. The van der Waals surface area contributed by atoms with Crippen LogP contribution in [0.5, 0.6) is 0 Å². The molecule has 1 N–H and O–H groups in total. The highest BCUT2D eigenvalue weighted by Crippen LogP contribution is 2.49. The van der Waals surface area contributed by atoms with Crippen LogP contribution in [0.4, 0.5) is 0 Å². The average Bonchev–Trinajstić information content (AvgIpc) is 3.28. The number of hydrogen-bond donors (Lipinski definition) is 1. The molecule has 4 atom stereocenters. The lowest BCUT2D eigenvalue weighted by molar-refractivity contribution is -0.154. The van der Waals surface area contributed by atoms with Crippen LogP contribution in [0.25, 0.3) is 0 Å². The lowest BCUT2D eigenvalue weighted by Gasteiger charge is -2.38. The van der Waals surface area contributed by atoms with Crippen LogP contribution in [0.15, 0.2) is 48.9 Å². The van der Waals surface area contributed by atoms with Gasteiger partial charge in [0.2, 0.25) is 12.2 Å². The van der Waals surface area contributed by atoms with Gasteiger partial charge in [-0.05, 0) is 24.3 Å². The third kappa shape index (κ3) is 5.41. The Bertz CT molecular complexity index is 1140. The van der Waals surface area contributed by atoms with E-state index in [2.05, 4.69) is 19.6 Å². The molecular formula is C26H32BN3O7. The van der Waals surface area contributed by atoms with Crippen LogP contribution in [-0.2, 0) is 34.4 Å². The van der Waals surface area contributed by atoms with Gasteiger partial charge in [-0.25, -0.2) is 14.6 Å². The molecule has 0 unspecified atom stereocenters. The number of nitrogens with one attached hydrogen (secondary N) is 1. The van der Waals surface area contributed by atoms with Crippen LogP contribution in [0.2, 0.25) is 5.82 Å². The maximum Gasteiger partial charge on any atom is 0.688 e. The average molecular weight is 509 g/mol. The predicted molar refractivity (Wildman–Crippen MR) is 134 cm³/mol. The normalized spacial score (nSPS) is 22.2. The van der Waals surface area contributed by atoms with Gasteiger partial charge in [-0.3, -0.25) is 14.6 Å². The van der Waals surface area contributed by atoms with E-state index in [0.29, 0.717) is 6.42 Å². The fourth-order valence-electron chi connectivity index (χ4n) is 5.31. The summed E-state index contributed by atoms with van der Waals surface area (Å²) < 4.78 is 14.2. The Morgan fingerprint density at radius 3 is 2.27 bits per heavy atom. The van der Waals surface area contributed by atoms with Gasteiger partial charge in [-0.2, -0.15) is 0 Å². The lowest BCUT2D eigenvalue weighted by Crippen LogP contribution is -2.52. The standard InChI is InChI=1S/C26H32BN3O7/c1-16(2)12-20(27-35-25(33)17(3)37(27)18(4)26(34)36-27)14-23(31)21(13-19-8-6-5-7-9-19)30-24(32)22-15-28-10-11-29-22/h5-11,15-18,20-21H,12-14H2,1-4H3,(H,30,32)/t17-,18-,20-,21+/m1/s1. The number of fused-ring (bicyclic) bond motifs is 1. The molecule has 0 saturated carbocycles. The molecule has 2 fully saturated rings. The predicted octanol–water partition coefficient (Wildman–Crippen LogP) is 2.58. The zero-order valence-corrected chi connectivity index (χ0v) is 21.5. The number of carbonyl (C=O) groups is 4. The monoisotopic (exact) mass is 509 g/mol. The first-order chi connectivity index (χ1) is 17.6. The summed E-state index contributed by atoms with van der Waals surface area (Å²) in [6.45, 7) is 4.65. The minimum Gasteiger partial charge on any atom is -0.579 e. The first-order valence-electron chi connectivity index (χ1n) is 12.6. The van der Waals surface area contributed by atoms with E-state index in [1.165, 1.54) is 18.6 Å². The minimum absolute atomic E-state index is 0.0695. The van der Waals surface area contributed by atoms with Gasteiger partial charge < -0.3 is 18.9 Å². The third-order valence-corrected chi connectivity index (χ3v) is 7.01. The van der Waals surface area contributed by atoms with E-state index in [1.54, 1.807) is 13.8 Å². The van der Waals surface area contributed by atoms with E-state index in [0.717, 1.165) is 5.56 Å². The number of hydrogen-bond acceptors (Lipinski definition) is 8. The second-order valence-electron chi connectivity index (χ2n) is 10.1. The van der Waals surface area contributed by atoms with E-state index in [4.69, 9.17) is 9.31 Å². The van der Waals surface area contributed by atoms with Gasteiger partial charge in [0.15, 0.2) is 5.78 Å². The van der Waals surface area contributed by atoms with Crippen molar-refractivity contribution in [3.8, 4) is 0 Å². The summed E-state index contributed by atoms with van der Waals surface area (Å²) in [6.07, 6.45) is 3.34. The van der Waals surface area contributed by atoms with Crippen LogP contribution in [0, 0.1) is 5.92 Å². The highest BCUT2D eigenvalue weighted by molar-refractivity contribution is 6.70. The molecule has 10 nitrogen and oxygen atoms in total. The van der Waals surface area contributed by atoms with Crippen molar-refractivity contribution in [2.45, 2.75) is 71.0 Å². The SMILES string of the molecule is CC(C)C[C@H](CC(=O)[C@H](Cc1ccccc1)NC(=O)c1cnccn1)[B-]12OC(=O)[C@@H](C)[O+]1[C@H](C)C(=O)O2. The van der Waals surface area contributed by atoms with Crippen LogP contribution >= 0.6 is 0 Å². The molecular weight excluding hydrogens is 477 g/mol. The number of carbonyl (C=O) groups excluding carboxylic acids is 4. The van der Waals surface area contributed by atoms with Crippen molar-refractivity contribution in [2.75, 3.05) is 0 Å². The smallest absolute Gasteiger partial charge is 0.579 e. The summed E-state index contributed by atoms with van der Waals surface area (Å²) in [4.78, 5) is 59.9. The Hall–Kier alpha value is -3.60. The summed E-state index contributed by atoms with van der Waals surface area (Å²) in [5, 5.41) is 2.80. The fourth-order valence-corrected chi connectivity index (χ4v) is 5.31. The van der Waals surface area contributed by atoms with Gasteiger partial charge in [-0.1, -0.05) is 50.6 Å². The number of amides is 1. The van der Waals surface area contributed by atoms with Gasteiger partial charge in [-0.15, -0.1) is 0 Å². The Balaban J connectivity index is 1.63. The topological polar surface area (TPSA) is 127 Å². The van der Waals surface area contributed by atoms with Crippen LogP contribution in [0.1, 0.15) is 56.6 Å². The number of benzene rings is 1. The van der Waals surface area contributed by atoms with E-state index >= 15 is 0 Å². The molecule has 2 aromatic rings. The van der Waals surface area contributed by atoms with E-state index < -0.39 is 48.7 Å². The molecule has 4 rings (SSSR count). The molecule has 11 heteroatoms. The highest BCUT2D eigenvalue weighted by atomic mass is 16.9. The first-order valence-corrected chi connectivity index (χ1v) is 12.6. The fraction of sp³-hybridized carbons (Fsp3) is 0.462. The zero-order valence-electron chi connectivity index (χ0n) is 21.5. The molecule has 1 aromatic heterocycles. The van der Waals surface area contributed by atoms with Crippen molar-refractivity contribution in [1.82, 2.24) is 15.3 Å². The van der Waals surface area contributed by atoms with Gasteiger partial charge in [0, 0.05) is 32.1 Å². The Kier molecular flexibility index (Phi) is 7.72. The molecule has 196 valence electrons. The van der Waals surface area contributed by atoms with Crippen molar-refractivity contribution in [3.05, 3.63) is 60.2 Å². The molecule has 0 aliphatic carbocycles. The summed E-state index contributed by atoms with van der Waals surface area (Å²) in [5.74, 6) is -2.31. The molecule has 1 aromatic carbocycles. The number of rotatable bonds is 10. The molecule has 0 spiro atoms. The highest BCUT2D eigenvalue weighted by Gasteiger charge is 2.71. The Morgan fingerprint density at radius 2 is 1.70 bits per heavy atom. The molecule has 37 heavy (non-hydrogen) atoms. The van der Waals surface area contributed by atoms with E-state index in [9.17, 15) is 19.2 Å². The largest absolute Gasteiger partial charge is 0.688 e. The van der Waals surface area contributed by atoms with Crippen molar-refractivity contribution < 1.29 is 32.8 Å². The molecule has 2 aliphatic rings. The van der Waals surface area contributed by atoms with Crippen LogP contribution < -0.4 is 5.32 Å². The zero-order chi connectivity index (χ0) is 26.7. The summed E-state index contributed by atoms with van der Waals surface area (Å²) >= 11 is 0. The summed E-state index contributed by atoms with van der Waals surface area (Å²) in [7, 11) is 0. The van der Waals surface area contributed by atoms with Gasteiger partial charge in [0.25, 0.3) is 5.91 Å². The van der Waals surface area contributed by atoms with Gasteiger partial charge >= 0.3 is 18.7 Å². The maximum absolute atomic E-state index is 13.8. The van der Waals surface area contributed by atoms with Crippen LogP contribution in [0.3, 0.4) is 0 Å². The Morgan fingerprint density at radius 1 is 1.05 bits per heavy atom. The van der Waals surface area contributed by atoms with Crippen molar-refractivity contribution in [2.24, 2.45) is 5.92 Å². The number of aromatic nitrogens is 2. The molecule has 2 saturated heterocycles. The Labute approximate surface area is 215 Å². The van der Waals surface area contributed by atoms with E-state index in [1.807, 2.05) is 44.2 Å². The molecule has 0 radical (unpaired) electrons. The quantitative estimate of drug-likeness (QED) is 0.383. The van der Waals surface area contributed by atoms with Crippen molar-refractivity contribution >= 4 is 30.4 Å². The van der Waals surface area contributed by atoms with Crippen LogP contribution in [-0.4, -0.2) is 58.6 Å². The third-order valence-electron chi connectivity index (χ3n) is 7.01. The first kappa shape index (κ1) is 26.5. The van der Waals surface area contributed by atoms with Crippen molar-refractivity contribution in [1.29, 1.82) is 0 Å². The lowest BCUT2D eigenvalue weighted by atomic mass is 9.57.